The van der Waals surface area contributed by atoms with Gasteiger partial charge in [0.25, 0.3) is 0 Å². The van der Waals surface area contributed by atoms with Crippen LogP contribution in [0, 0.1) is 12.8 Å². The molecule has 1 rings (SSSR count). The molecule has 0 fully saturated rings. The Bertz CT molecular complexity index is 405. The molecule has 0 heterocycles. The Hall–Kier alpha value is -1.32. The Labute approximate surface area is 92.3 Å². The lowest BCUT2D eigenvalue weighted by atomic mass is 9.94. The van der Waals surface area contributed by atoms with Crippen molar-refractivity contribution in [2.24, 2.45) is 5.92 Å². The van der Waals surface area contributed by atoms with E-state index in [1.54, 1.807) is 13.8 Å². The van der Waals surface area contributed by atoms with Crippen LogP contribution >= 0.6 is 0 Å². The van der Waals surface area contributed by atoms with Gasteiger partial charge in [-0.15, -0.1) is 0 Å². The van der Waals surface area contributed by atoms with E-state index in [2.05, 4.69) is 0 Å². The first kappa shape index (κ1) is 12.7. The summed E-state index contributed by atoms with van der Waals surface area (Å²) in [5, 5.41) is 0. The van der Waals surface area contributed by atoms with Gasteiger partial charge in [-0.05, 0) is 18.6 Å². The van der Waals surface area contributed by atoms with Crippen molar-refractivity contribution in [2.45, 2.75) is 26.9 Å². The Balaban J connectivity index is 3.30. The minimum atomic E-state index is -4.41. The number of hydrogen-bond donors (Lipinski definition) is 0. The van der Waals surface area contributed by atoms with Crippen molar-refractivity contribution in [3.05, 3.63) is 34.9 Å². The summed E-state index contributed by atoms with van der Waals surface area (Å²) in [6.45, 7) is 4.67. The molecule has 0 aliphatic rings. The summed E-state index contributed by atoms with van der Waals surface area (Å²) in [5.74, 6) is -0.564. The summed E-state index contributed by atoms with van der Waals surface area (Å²) in [4.78, 5) is 11.7. The highest BCUT2D eigenvalue weighted by atomic mass is 19.4. The van der Waals surface area contributed by atoms with Gasteiger partial charge in [-0.2, -0.15) is 13.2 Å². The Morgan fingerprint density at radius 2 is 1.81 bits per heavy atom. The lowest BCUT2D eigenvalue weighted by Gasteiger charge is -2.14. The molecule has 88 valence electrons. The molecule has 0 bridgehead atoms. The summed E-state index contributed by atoms with van der Waals surface area (Å²) < 4.78 is 37.7. The van der Waals surface area contributed by atoms with Crippen LogP contribution in [0.2, 0.25) is 0 Å². The van der Waals surface area contributed by atoms with Gasteiger partial charge in [0.05, 0.1) is 5.56 Å². The van der Waals surface area contributed by atoms with E-state index < -0.39 is 11.7 Å². The molecule has 1 nitrogen and oxygen atoms in total. The number of alkyl halides is 3. The van der Waals surface area contributed by atoms with E-state index in [1.165, 1.54) is 19.1 Å². The molecule has 4 heteroatoms. The van der Waals surface area contributed by atoms with Crippen LogP contribution in [0.15, 0.2) is 18.2 Å². The van der Waals surface area contributed by atoms with E-state index in [0.29, 0.717) is 0 Å². The quantitative estimate of drug-likeness (QED) is 0.705. The minimum Gasteiger partial charge on any atom is -0.294 e. The molecule has 0 unspecified atom stereocenters. The van der Waals surface area contributed by atoms with Gasteiger partial charge >= 0.3 is 6.18 Å². The molecule has 0 saturated carbocycles. The maximum atomic E-state index is 12.6. The van der Waals surface area contributed by atoms with Gasteiger partial charge in [-0.3, -0.25) is 4.79 Å². The fourth-order valence-corrected chi connectivity index (χ4v) is 1.52. The molecule has 1 aromatic rings. The van der Waals surface area contributed by atoms with Gasteiger partial charge in [0.15, 0.2) is 5.78 Å². The fourth-order valence-electron chi connectivity index (χ4n) is 1.52. The van der Waals surface area contributed by atoms with E-state index in [9.17, 15) is 18.0 Å². The van der Waals surface area contributed by atoms with Crippen molar-refractivity contribution in [1.29, 1.82) is 0 Å². The smallest absolute Gasteiger partial charge is 0.294 e. The Morgan fingerprint density at radius 1 is 1.25 bits per heavy atom. The highest BCUT2D eigenvalue weighted by molar-refractivity contribution is 5.99. The van der Waals surface area contributed by atoms with Crippen LogP contribution < -0.4 is 0 Å². The first-order valence-corrected chi connectivity index (χ1v) is 4.96. The summed E-state index contributed by atoms with van der Waals surface area (Å²) >= 11 is 0. The van der Waals surface area contributed by atoms with Gasteiger partial charge < -0.3 is 0 Å². The van der Waals surface area contributed by atoms with Gasteiger partial charge in [0.2, 0.25) is 0 Å². The van der Waals surface area contributed by atoms with E-state index in [4.69, 9.17) is 0 Å². The van der Waals surface area contributed by atoms with Gasteiger partial charge in [-0.25, -0.2) is 0 Å². The second-order valence-electron chi connectivity index (χ2n) is 3.99. The predicted octanol–water partition coefficient (Wildman–Crippen LogP) is 3.85. The monoisotopic (exact) mass is 230 g/mol. The lowest BCUT2D eigenvalue weighted by Crippen LogP contribution is -2.14. The highest BCUT2D eigenvalue weighted by Gasteiger charge is 2.33. The molecule has 0 radical (unpaired) electrons. The first-order valence-electron chi connectivity index (χ1n) is 4.96. The van der Waals surface area contributed by atoms with Gasteiger partial charge in [0.1, 0.15) is 0 Å². The summed E-state index contributed by atoms with van der Waals surface area (Å²) in [5.41, 5.74) is -0.572. The second-order valence-corrected chi connectivity index (χ2v) is 3.99. The molecule has 0 N–H and O–H groups in total. The number of ketones is 1. The molecule has 0 atom stereocenters. The number of rotatable bonds is 2. The van der Waals surface area contributed by atoms with Crippen LogP contribution in [0.4, 0.5) is 13.2 Å². The zero-order valence-corrected chi connectivity index (χ0v) is 9.35. The van der Waals surface area contributed by atoms with Crippen molar-refractivity contribution in [3.8, 4) is 0 Å². The van der Waals surface area contributed by atoms with Crippen LogP contribution in [0.5, 0.6) is 0 Å². The molecular weight excluding hydrogens is 217 g/mol. The van der Waals surface area contributed by atoms with E-state index in [1.807, 2.05) is 0 Å². The van der Waals surface area contributed by atoms with E-state index >= 15 is 0 Å². The molecule has 16 heavy (non-hydrogen) atoms. The van der Waals surface area contributed by atoms with Crippen LogP contribution in [0.3, 0.4) is 0 Å². The summed E-state index contributed by atoms with van der Waals surface area (Å²) in [7, 11) is 0. The number of halogens is 3. The van der Waals surface area contributed by atoms with Crippen molar-refractivity contribution in [2.75, 3.05) is 0 Å². The maximum absolute atomic E-state index is 12.6. The third-order valence-electron chi connectivity index (χ3n) is 2.43. The van der Waals surface area contributed by atoms with Crippen LogP contribution in [-0.2, 0) is 6.18 Å². The minimum absolute atomic E-state index is 0.00806. The lowest BCUT2D eigenvalue weighted by molar-refractivity contribution is -0.138. The normalized spacial score (nSPS) is 11.9. The second kappa shape index (κ2) is 4.28. The van der Waals surface area contributed by atoms with E-state index in [0.717, 1.165) is 6.07 Å². The van der Waals surface area contributed by atoms with Gasteiger partial charge in [-0.1, -0.05) is 26.0 Å². The molecule has 0 aromatic heterocycles. The number of hydrogen-bond acceptors (Lipinski definition) is 1. The third-order valence-corrected chi connectivity index (χ3v) is 2.43. The molecule has 0 saturated heterocycles. The molecule has 0 amide bonds. The maximum Gasteiger partial charge on any atom is 0.416 e. The highest BCUT2D eigenvalue weighted by Crippen LogP contribution is 2.33. The van der Waals surface area contributed by atoms with Crippen molar-refractivity contribution < 1.29 is 18.0 Å². The first-order chi connectivity index (χ1) is 7.25. The van der Waals surface area contributed by atoms with Crippen LogP contribution in [0.25, 0.3) is 0 Å². The summed E-state index contributed by atoms with van der Waals surface area (Å²) in [6, 6.07) is 3.70. The summed E-state index contributed by atoms with van der Waals surface area (Å²) in [6.07, 6.45) is -4.41. The largest absolute Gasteiger partial charge is 0.416 e. The molecule has 1 aromatic carbocycles. The predicted molar refractivity (Wildman–Crippen MR) is 55.3 cm³/mol. The van der Waals surface area contributed by atoms with Crippen LogP contribution in [-0.4, -0.2) is 5.78 Å². The van der Waals surface area contributed by atoms with E-state index in [-0.39, 0.29) is 22.8 Å². The number of carbonyl (C=O) groups excluding carboxylic acids is 1. The number of benzene rings is 1. The van der Waals surface area contributed by atoms with Gasteiger partial charge in [0, 0.05) is 11.5 Å². The third kappa shape index (κ3) is 2.43. The Morgan fingerprint density at radius 3 is 2.25 bits per heavy atom. The topological polar surface area (TPSA) is 17.1 Å². The molecule has 0 aliphatic carbocycles. The zero-order chi connectivity index (χ0) is 12.5. The van der Waals surface area contributed by atoms with Crippen molar-refractivity contribution in [3.63, 3.8) is 0 Å². The average Bonchev–Trinajstić information content (AvgIpc) is 2.15. The molecule has 0 spiro atoms. The Kier molecular flexibility index (Phi) is 3.41. The van der Waals surface area contributed by atoms with Crippen LogP contribution in [0.1, 0.15) is 35.3 Å². The number of carbonyl (C=O) groups is 1. The SMILES string of the molecule is Cc1c(C(=O)C(C)C)cccc1C(F)(F)F. The number of Topliss-reactive ketones (excluding diaryl/α,β-unsaturated/α-hetero) is 1. The molecule has 0 aliphatic heterocycles. The zero-order valence-electron chi connectivity index (χ0n) is 9.35. The molecular formula is C12H13F3O. The van der Waals surface area contributed by atoms with Crippen molar-refractivity contribution >= 4 is 5.78 Å². The average molecular weight is 230 g/mol. The fraction of sp³-hybridized carbons (Fsp3) is 0.417. The standard InChI is InChI=1S/C12H13F3O/c1-7(2)11(16)9-5-4-6-10(8(9)3)12(13,14)15/h4-7H,1-3H3. The van der Waals surface area contributed by atoms with Crippen molar-refractivity contribution in [1.82, 2.24) is 0 Å².